The van der Waals surface area contributed by atoms with Crippen molar-refractivity contribution in [3.63, 3.8) is 0 Å². The first-order valence-electron chi connectivity index (χ1n) is 11.3. The van der Waals surface area contributed by atoms with Gasteiger partial charge in [0.05, 0.1) is 11.6 Å². The van der Waals surface area contributed by atoms with Crippen molar-refractivity contribution in [1.82, 2.24) is 9.21 Å². The summed E-state index contributed by atoms with van der Waals surface area (Å²) in [7, 11) is -3.71. The van der Waals surface area contributed by atoms with Gasteiger partial charge in [-0.05, 0) is 62.1 Å². The van der Waals surface area contributed by atoms with E-state index in [4.69, 9.17) is 0 Å². The topological polar surface area (TPSA) is 86.8 Å². The summed E-state index contributed by atoms with van der Waals surface area (Å²) in [4.78, 5) is 27.5. The molecule has 2 aliphatic rings. The van der Waals surface area contributed by atoms with Gasteiger partial charge in [0.2, 0.25) is 15.9 Å². The van der Waals surface area contributed by atoms with Gasteiger partial charge >= 0.3 is 0 Å². The summed E-state index contributed by atoms with van der Waals surface area (Å²) in [6.45, 7) is 1.70. The first-order valence-corrected chi connectivity index (χ1v) is 12.7. The average molecular weight is 474 g/mol. The molecule has 2 fully saturated rings. The van der Waals surface area contributed by atoms with Gasteiger partial charge in [-0.15, -0.1) is 0 Å². The Morgan fingerprint density at radius 1 is 0.909 bits per heavy atom. The molecule has 0 spiro atoms. The summed E-state index contributed by atoms with van der Waals surface area (Å²) < 4.78 is 41.0. The zero-order valence-corrected chi connectivity index (χ0v) is 19.2. The van der Waals surface area contributed by atoms with Crippen molar-refractivity contribution in [2.75, 3.05) is 31.5 Å². The van der Waals surface area contributed by atoms with Crippen LogP contribution < -0.4 is 5.32 Å². The fourth-order valence-electron chi connectivity index (χ4n) is 4.42. The number of hydrogen-bond acceptors (Lipinski definition) is 4. The Morgan fingerprint density at radius 2 is 1.61 bits per heavy atom. The van der Waals surface area contributed by atoms with E-state index in [2.05, 4.69) is 5.32 Å². The second-order valence-electron chi connectivity index (χ2n) is 8.55. The van der Waals surface area contributed by atoms with E-state index in [-0.39, 0.29) is 28.9 Å². The van der Waals surface area contributed by atoms with E-state index >= 15 is 0 Å². The Labute approximate surface area is 193 Å². The molecule has 0 bridgehead atoms. The highest BCUT2D eigenvalue weighted by atomic mass is 32.2. The lowest BCUT2D eigenvalue weighted by molar-refractivity contribution is -0.121. The predicted molar refractivity (Wildman–Crippen MR) is 123 cm³/mol. The van der Waals surface area contributed by atoms with Crippen molar-refractivity contribution in [3.8, 4) is 0 Å². The molecule has 7 nitrogen and oxygen atoms in total. The highest BCUT2D eigenvalue weighted by Crippen LogP contribution is 2.28. The summed E-state index contributed by atoms with van der Waals surface area (Å²) in [6, 6.07) is 11.8. The van der Waals surface area contributed by atoms with Crippen LogP contribution in [0.5, 0.6) is 0 Å². The second kappa shape index (κ2) is 10.0. The van der Waals surface area contributed by atoms with Crippen LogP contribution in [0.2, 0.25) is 0 Å². The molecule has 2 saturated heterocycles. The van der Waals surface area contributed by atoms with Crippen LogP contribution in [0, 0.1) is 11.7 Å². The third-order valence-electron chi connectivity index (χ3n) is 6.25. The lowest BCUT2D eigenvalue weighted by Crippen LogP contribution is -2.44. The Hall–Kier alpha value is -2.78. The smallest absolute Gasteiger partial charge is 0.253 e. The average Bonchev–Trinajstić information content (AvgIpc) is 2.85. The summed E-state index contributed by atoms with van der Waals surface area (Å²) in [6.07, 6.45) is 3.92. The molecule has 0 radical (unpaired) electrons. The standard InChI is InChI=1S/C24H28FN3O4S/c25-20-12-10-18(11-13-20)24(30)27-14-6-7-19(17-27)23(29)26-21-8-2-3-9-22(21)33(31,32)28-15-4-1-5-16-28/h2-3,8-13,19H,1,4-7,14-17H2,(H,26,29). The monoisotopic (exact) mass is 473 g/mol. The first kappa shape index (κ1) is 23.4. The number of carbonyl (C=O) groups is 2. The number of amides is 2. The number of likely N-dealkylation sites (tertiary alicyclic amines) is 1. The third-order valence-corrected chi connectivity index (χ3v) is 8.21. The number of rotatable bonds is 5. The van der Waals surface area contributed by atoms with E-state index in [1.165, 1.54) is 34.6 Å². The maximum absolute atomic E-state index is 13.2. The first-order chi connectivity index (χ1) is 15.9. The van der Waals surface area contributed by atoms with Crippen molar-refractivity contribution in [2.45, 2.75) is 37.0 Å². The Bertz CT molecular complexity index is 1110. The molecule has 2 aromatic rings. The number of piperidine rings is 2. The number of para-hydroxylation sites is 1. The Kier molecular flexibility index (Phi) is 7.09. The van der Waals surface area contributed by atoms with Gasteiger partial charge in [-0.3, -0.25) is 9.59 Å². The summed E-state index contributed by atoms with van der Waals surface area (Å²) in [5.41, 5.74) is 0.630. The van der Waals surface area contributed by atoms with E-state index in [0.29, 0.717) is 38.0 Å². The summed E-state index contributed by atoms with van der Waals surface area (Å²) in [5, 5.41) is 2.80. The normalized spacial score (nSPS) is 19.8. The van der Waals surface area contributed by atoms with Gasteiger partial charge in [0.1, 0.15) is 10.7 Å². The Balaban J connectivity index is 1.47. The molecule has 4 rings (SSSR count). The maximum Gasteiger partial charge on any atom is 0.253 e. The lowest BCUT2D eigenvalue weighted by Gasteiger charge is -2.32. The van der Waals surface area contributed by atoms with E-state index in [0.717, 1.165) is 19.3 Å². The van der Waals surface area contributed by atoms with E-state index in [9.17, 15) is 22.4 Å². The van der Waals surface area contributed by atoms with Crippen LogP contribution in [0.1, 0.15) is 42.5 Å². The molecule has 176 valence electrons. The van der Waals surface area contributed by atoms with Crippen LogP contribution in [0.3, 0.4) is 0 Å². The zero-order chi connectivity index (χ0) is 23.4. The number of carbonyl (C=O) groups excluding carboxylic acids is 2. The largest absolute Gasteiger partial charge is 0.338 e. The maximum atomic E-state index is 13.2. The molecule has 1 atom stereocenters. The number of sulfonamides is 1. The van der Waals surface area contributed by atoms with Gasteiger partial charge in [0.25, 0.3) is 5.91 Å². The number of hydrogen-bond donors (Lipinski definition) is 1. The van der Waals surface area contributed by atoms with Gasteiger partial charge in [0, 0.05) is 31.7 Å². The molecule has 2 amide bonds. The molecule has 2 aromatic carbocycles. The number of nitrogens with zero attached hydrogens (tertiary/aromatic N) is 2. The molecule has 0 saturated carbocycles. The predicted octanol–water partition coefficient (Wildman–Crippen LogP) is 3.49. The number of halogens is 1. The van der Waals surface area contributed by atoms with Gasteiger partial charge < -0.3 is 10.2 Å². The highest BCUT2D eigenvalue weighted by molar-refractivity contribution is 7.89. The molecular formula is C24H28FN3O4S. The van der Waals surface area contributed by atoms with Gasteiger partial charge in [-0.1, -0.05) is 18.6 Å². The van der Waals surface area contributed by atoms with Crippen molar-refractivity contribution < 1.29 is 22.4 Å². The second-order valence-corrected chi connectivity index (χ2v) is 10.5. The van der Waals surface area contributed by atoms with Crippen molar-refractivity contribution in [1.29, 1.82) is 0 Å². The molecule has 1 N–H and O–H groups in total. The fourth-order valence-corrected chi connectivity index (χ4v) is 6.09. The molecule has 2 heterocycles. The molecule has 0 aromatic heterocycles. The van der Waals surface area contributed by atoms with Crippen LogP contribution >= 0.6 is 0 Å². The van der Waals surface area contributed by atoms with Gasteiger partial charge in [-0.2, -0.15) is 4.31 Å². The van der Waals surface area contributed by atoms with Crippen LogP contribution in [0.4, 0.5) is 10.1 Å². The highest BCUT2D eigenvalue weighted by Gasteiger charge is 2.32. The molecular weight excluding hydrogens is 445 g/mol. The minimum atomic E-state index is -3.71. The number of nitrogens with one attached hydrogen (secondary N) is 1. The summed E-state index contributed by atoms with van der Waals surface area (Å²) >= 11 is 0. The zero-order valence-electron chi connectivity index (χ0n) is 18.4. The van der Waals surface area contributed by atoms with Gasteiger partial charge in [-0.25, -0.2) is 12.8 Å². The molecule has 1 unspecified atom stereocenters. The quantitative estimate of drug-likeness (QED) is 0.720. The lowest BCUT2D eigenvalue weighted by atomic mass is 9.96. The van der Waals surface area contributed by atoms with Gasteiger partial charge in [0.15, 0.2) is 0 Å². The van der Waals surface area contributed by atoms with Crippen molar-refractivity contribution in [3.05, 3.63) is 59.9 Å². The van der Waals surface area contributed by atoms with Crippen LogP contribution in [0.15, 0.2) is 53.4 Å². The summed E-state index contributed by atoms with van der Waals surface area (Å²) in [5.74, 6) is -1.44. The minimum absolute atomic E-state index is 0.0929. The third kappa shape index (κ3) is 5.25. The van der Waals surface area contributed by atoms with Crippen LogP contribution in [-0.2, 0) is 14.8 Å². The van der Waals surface area contributed by atoms with E-state index < -0.39 is 21.8 Å². The Morgan fingerprint density at radius 3 is 2.33 bits per heavy atom. The molecule has 0 aliphatic carbocycles. The molecule has 9 heteroatoms. The number of anilines is 1. The van der Waals surface area contributed by atoms with E-state index in [1.807, 2.05) is 0 Å². The van der Waals surface area contributed by atoms with Crippen LogP contribution in [0.25, 0.3) is 0 Å². The van der Waals surface area contributed by atoms with Crippen LogP contribution in [-0.4, -0.2) is 55.6 Å². The van der Waals surface area contributed by atoms with Crippen molar-refractivity contribution >= 4 is 27.5 Å². The minimum Gasteiger partial charge on any atom is -0.338 e. The number of benzene rings is 2. The fraction of sp³-hybridized carbons (Fsp3) is 0.417. The van der Waals surface area contributed by atoms with Crippen molar-refractivity contribution in [2.24, 2.45) is 5.92 Å². The molecule has 2 aliphatic heterocycles. The SMILES string of the molecule is O=C(Nc1ccccc1S(=O)(=O)N1CCCCC1)C1CCCN(C(=O)c2ccc(F)cc2)C1. The molecule has 33 heavy (non-hydrogen) atoms. The van der Waals surface area contributed by atoms with E-state index in [1.54, 1.807) is 23.1 Å².